The number of hydrogen-bond donors (Lipinski definition) is 0. The van der Waals surface area contributed by atoms with E-state index in [0.29, 0.717) is 0 Å². The average molecular weight is 491 g/mol. The van der Waals surface area contributed by atoms with Crippen LogP contribution in [0.15, 0.2) is 0 Å². The van der Waals surface area contributed by atoms with Crippen LogP contribution in [0.4, 0.5) is 0 Å². The SMILES string of the molecule is CC(C)CCCCCCCC1CCCC1(CCCCCCCC(C)C)CCCCCCCC(C)C. The zero-order valence-corrected chi connectivity index (χ0v) is 25.8. The highest BCUT2D eigenvalue weighted by Gasteiger charge is 2.40. The van der Waals surface area contributed by atoms with Crippen LogP contribution in [0.5, 0.6) is 0 Å². The van der Waals surface area contributed by atoms with Gasteiger partial charge in [-0.05, 0) is 61.2 Å². The number of rotatable bonds is 24. The van der Waals surface area contributed by atoms with E-state index in [-0.39, 0.29) is 0 Å². The first kappa shape index (κ1) is 33.0. The lowest BCUT2D eigenvalue weighted by Gasteiger charge is -2.37. The monoisotopic (exact) mass is 491 g/mol. The van der Waals surface area contributed by atoms with E-state index in [4.69, 9.17) is 0 Å². The van der Waals surface area contributed by atoms with E-state index in [0.717, 1.165) is 29.1 Å². The molecule has 0 heterocycles. The van der Waals surface area contributed by atoms with E-state index < -0.39 is 0 Å². The largest absolute Gasteiger partial charge is 0.0628 e. The molecule has 1 unspecified atom stereocenters. The minimum Gasteiger partial charge on any atom is -0.0628 e. The van der Waals surface area contributed by atoms with Crippen molar-refractivity contribution in [2.24, 2.45) is 29.1 Å². The third-order valence-electron chi connectivity index (χ3n) is 9.34. The highest BCUT2D eigenvalue weighted by molar-refractivity contribution is 4.91. The average Bonchev–Trinajstić information content (AvgIpc) is 3.19. The van der Waals surface area contributed by atoms with Crippen molar-refractivity contribution in [1.82, 2.24) is 0 Å². The molecule has 0 aromatic heterocycles. The summed E-state index contributed by atoms with van der Waals surface area (Å²) >= 11 is 0. The van der Waals surface area contributed by atoms with E-state index in [1.165, 1.54) is 122 Å². The molecule has 0 spiro atoms. The standard InChI is InChI=1S/C35H70/c1-31(2)23-16-10-7-13-19-26-34-27-22-30-35(34,28-20-14-8-11-17-24-32(3)4)29-21-15-9-12-18-25-33(5)6/h31-34H,7-30H2,1-6H3. The Morgan fingerprint density at radius 2 is 0.857 bits per heavy atom. The first-order valence-electron chi connectivity index (χ1n) is 16.9. The summed E-state index contributed by atoms with van der Waals surface area (Å²) in [5.74, 6) is 3.72. The van der Waals surface area contributed by atoms with Gasteiger partial charge in [-0.25, -0.2) is 0 Å². The second-order valence-corrected chi connectivity index (χ2v) is 14.1. The van der Waals surface area contributed by atoms with Crippen LogP contribution in [0, 0.1) is 29.1 Å². The van der Waals surface area contributed by atoms with Crippen LogP contribution in [0.3, 0.4) is 0 Å². The Morgan fingerprint density at radius 1 is 0.486 bits per heavy atom. The summed E-state index contributed by atoms with van der Waals surface area (Å²) in [6.07, 6.45) is 35.9. The van der Waals surface area contributed by atoms with Crippen LogP contribution in [-0.2, 0) is 0 Å². The summed E-state index contributed by atoms with van der Waals surface area (Å²) in [5.41, 5.74) is 0.730. The van der Waals surface area contributed by atoms with Crippen molar-refractivity contribution in [3.63, 3.8) is 0 Å². The maximum absolute atomic E-state index is 2.37. The van der Waals surface area contributed by atoms with Gasteiger partial charge in [0.25, 0.3) is 0 Å². The Balaban J connectivity index is 2.40. The Hall–Kier alpha value is 0. The van der Waals surface area contributed by atoms with Gasteiger partial charge in [0.05, 0.1) is 0 Å². The van der Waals surface area contributed by atoms with Gasteiger partial charge >= 0.3 is 0 Å². The second-order valence-electron chi connectivity index (χ2n) is 14.1. The fraction of sp³-hybridized carbons (Fsp3) is 1.00. The van der Waals surface area contributed by atoms with Crippen LogP contribution in [0.2, 0.25) is 0 Å². The molecule has 0 amide bonds. The molecule has 0 aromatic rings. The van der Waals surface area contributed by atoms with Gasteiger partial charge < -0.3 is 0 Å². The zero-order valence-electron chi connectivity index (χ0n) is 25.8. The molecule has 0 radical (unpaired) electrons. The topological polar surface area (TPSA) is 0 Å². The smallest absolute Gasteiger partial charge is 0.0269 e. The van der Waals surface area contributed by atoms with Crippen LogP contribution in [0.25, 0.3) is 0 Å². The molecule has 1 atom stereocenters. The van der Waals surface area contributed by atoms with E-state index in [2.05, 4.69) is 41.5 Å². The van der Waals surface area contributed by atoms with E-state index in [1.807, 2.05) is 0 Å². The maximum Gasteiger partial charge on any atom is -0.0269 e. The normalized spacial score (nSPS) is 17.9. The Kier molecular flexibility index (Phi) is 19.8. The lowest BCUT2D eigenvalue weighted by molar-refractivity contribution is 0.141. The van der Waals surface area contributed by atoms with Gasteiger partial charge in [0, 0.05) is 0 Å². The molecule has 1 aliphatic rings. The van der Waals surface area contributed by atoms with E-state index in [1.54, 1.807) is 32.1 Å². The first-order chi connectivity index (χ1) is 16.9. The Morgan fingerprint density at radius 3 is 1.29 bits per heavy atom. The molecule has 35 heavy (non-hydrogen) atoms. The molecule has 1 saturated carbocycles. The molecule has 210 valence electrons. The van der Waals surface area contributed by atoms with Crippen LogP contribution >= 0.6 is 0 Å². The van der Waals surface area contributed by atoms with Crippen LogP contribution < -0.4 is 0 Å². The van der Waals surface area contributed by atoms with Gasteiger partial charge in [0.15, 0.2) is 0 Å². The van der Waals surface area contributed by atoms with Gasteiger partial charge in [-0.1, -0.05) is 164 Å². The molecule has 0 aliphatic heterocycles. The van der Waals surface area contributed by atoms with Crippen LogP contribution in [0.1, 0.15) is 196 Å². The third kappa shape index (κ3) is 17.2. The van der Waals surface area contributed by atoms with Crippen molar-refractivity contribution in [1.29, 1.82) is 0 Å². The third-order valence-corrected chi connectivity index (χ3v) is 9.34. The van der Waals surface area contributed by atoms with Gasteiger partial charge in [0.1, 0.15) is 0 Å². The molecular weight excluding hydrogens is 420 g/mol. The zero-order chi connectivity index (χ0) is 25.8. The van der Waals surface area contributed by atoms with Crippen molar-refractivity contribution >= 4 is 0 Å². The molecule has 0 heteroatoms. The molecule has 0 aromatic carbocycles. The minimum atomic E-state index is 0.730. The maximum atomic E-state index is 2.37. The molecule has 0 nitrogen and oxygen atoms in total. The molecular formula is C35H70. The summed E-state index contributed by atoms with van der Waals surface area (Å²) in [6.45, 7) is 14.2. The van der Waals surface area contributed by atoms with Crippen LogP contribution in [-0.4, -0.2) is 0 Å². The highest BCUT2D eigenvalue weighted by Crippen LogP contribution is 2.52. The lowest BCUT2D eigenvalue weighted by atomic mass is 9.68. The van der Waals surface area contributed by atoms with Crippen molar-refractivity contribution in [2.75, 3.05) is 0 Å². The number of unbranched alkanes of at least 4 members (excludes halogenated alkanes) is 12. The van der Waals surface area contributed by atoms with Gasteiger partial charge in [-0.3, -0.25) is 0 Å². The molecule has 0 bridgehead atoms. The molecule has 1 rings (SSSR count). The van der Waals surface area contributed by atoms with E-state index >= 15 is 0 Å². The summed E-state index contributed by atoms with van der Waals surface area (Å²) in [6, 6.07) is 0. The predicted octanol–water partition coefficient (Wildman–Crippen LogP) is 12.9. The Bertz CT molecular complexity index is 423. The van der Waals surface area contributed by atoms with Gasteiger partial charge in [0.2, 0.25) is 0 Å². The summed E-state index contributed by atoms with van der Waals surface area (Å²) in [7, 11) is 0. The number of hydrogen-bond acceptors (Lipinski definition) is 0. The highest BCUT2D eigenvalue weighted by atomic mass is 14.5. The van der Waals surface area contributed by atoms with Gasteiger partial charge in [-0.15, -0.1) is 0 Å². The first-order valence-corrected chi connectivity index (χ1v) is 16.9. The summed E-state index contributed by atoms with van der Waals surface area (Å²) in [5, 5.41) is 0. The molecule has 0 saturated heterocycles. The fourth-order valence-corrected chi connectivity index (χ4v) is 7.04. The quantitative estimate of drug-likeness (QED) is 0.118. The van der Waals surface area contributed by atoms with Gasteiger partial charge in [-0.2, -0.15) is 0 Å². The van der Waals surface area contributed by atoms with E-state index in [9.17, 15) is 0 Å². The molecule has 1 aliphatic carbocycles. The summed E-state index contributed by atoms with van der Waals surface area (Å²) in [4.78, 5) is 0. The second kappa shape index (κ2) is 21.0. The predicted molar refractivity (Wildman–Crippen MR) is 161 cm³/mol. The lowest BCUT2D eigenvalue weighted by Crippen LogP contribution is -2.26. The molecule has 0 N–H and O–H groups in total. The minimum absolute atomic E-state index is 0.730. The molecule has 1 fully saturated rings. The fourth-order valence-electron chi connectivity index (χ4n) is 7.04. The van der Waals surface area contributed by atoms with Crippen molar-refractivity contribution in [3.8, 4) is 0 Å². The van der Waals surface area contributed by atoms with Crippen molar-refractivity contribution in [2.45, 2.75) is 196 Å². The van der Waals surface area contributed by atoms with Crippen molar-refractivity contribution in [3.05, 3.63) is 0 Å². The Labute approximate surface area is 224 Å². The van der Waals surface area contributed by atoms with Crippen molar-refractivity contribution < 1.29 is 0 Å². The summed E-state index contributed by atoms with van der Waals surface area (Å²) < 4.78 is 0.